The Morgan fingerprint density at radius 2 is 1.50 bits per heavy atom. The van der Waals surface area contributed by atoms with Crippen molar-refractivity contribution in [3.8, 4) is 28.7 Å². The molecule has 3 heterocycles. The zero-order valence-corrected chi connectivity index (χ0v) is 24.7. The lowest BCUT2D eigenvalue weighted by molar-refractivity contribution is -0.276. The monoisotopic (exact) mass is 654 g/mol. The van der Waals surface area contributed by atoms with E-state index < -0.39 is 105 Å². The van der Waals surface area contributed by atoms with Crippen LogP contribution in [0.1, 0.15) is 41.3 Å². The topological polar surface area (TPSA) is 255 Å². The van der Waals surface area contributed by atoms with Gasteiger partial charge < -0.3 is 74.4 Å². The van der Waals surface area contributed by atoms with E-state index in [0.29, 0.717) is 5.56 Å². The van der Waals surface area contributed by atoms with Crippen LogP contribution in [0.5, 0.6) is 28.7 Å². The number of carbonyl (C=O) groups excluding carboxylic acids is 1. The van der Waals surface area contributed by atoms with Gasteiger partial charge in [0, 0.05) is 25.0 Å². The normalized spacial score (nSPS) is 35.0. The summed E-state index contributed by atoms with van der Waals surface area (Å²) in [5.74, 6) is -0.992. The van der Waals surface area contributed by atoms with Gasteiger partial charge in [-0.2, -0.15) is 0 Å². The molecule has 7 unspecified atom stereocenters. The van der Waals surface area contributed by atoms with Crippen molar-refractivity contribution in [1.82, 2.24) is 0 Å². The number of phenols is 2. The first-order valence-electron chi connectivity index (χ1n) is 14.6. The summed E-state index contributed by atoms with van der Waals surface area (Å²) < 4.78 is 33.8. The largest absolute Gasteiger partial charge is 0.507 e. The highest BCUT2D eigenvalue weighted by Gasteiger charge is 2.45. The molecular weight excluding hydrogens is 616 g/mol. The van der Waals surface area contributed by atoms with E-state index in [0.717, 1.165) is 6.07 Å². The van der Waals surface area contributed by atoms with Gasteiger partial charge in [0.2, 0.25) is 6.29 Å². The van der Waals surface area contributed by atoms with E-state index in [9.17, 15) is 50.8 Å². The van der Waals surface area contributed by atoms with Crippen molar-refractivity contribution in [1.29, 1.82) is 0 Å². The van der Waals surface area contributed by atoms with Crippen molar-refractivity contribution in [2.24, 2.45) is 0 Å². The molecule has 2 saturated heterocycles. The Morgan fingerprint density at radius 3 is 2.17 bits per heavy atom. The first-order chi connectivity index (χ1) is 21.9. The molecule has 16 heteroatoms. The lowest BCUT2D eigenvalue weighted by atomic mass is 9.95. The summed E-state index contributed by atoms with van der Waals surface area (Å²) in [4.78, 5) is 13.0. The van der Waals surface area contributed by atoms with Crippen LogP contribution in [0, 0.1) is 0 Å². The van der Waals surface area contributed by atoms with Crippen LogP contribution in [0.2, 0.25) is 0 Å². The number of aliphatic hydroxyl groups excluding tert-OH is 7. The first-order valence-corrected chi connectivity index (χ1v) is 14.6. The number of carbonyl (C=O) groups is 1. The van der Waals surface area contributed by atoms with Crippen molar-refractivity contribution in [2.75, 3.05) is 20.3 Å². The summed E-state index contributed by atoms with van der Waals surface area (Å²) in [7, 11) is 1.39. The molecule has 2 fully saturated rings. The summed E-state index contributed by atoms with van der Waals surface area (Å²) in [6.45, 7) is -1.49. The number of hydrogen-bond acceptors (Lipinski definition) is 16. The fourth-order valence-electron chi connectivity index (χ4n) is 5.74. The van der Waals surface area contributed by atoms with Crippen LogP contribution < -0.4 is 14.2 Å². The van der Waals surface area contributed by atoms with Crippen LogP contribution in [0.3, 0.4) is 0 Å². The van der Waals surface area contributed by atoms with E-state index in [1.165, 1.54) is 25.3 Å². The Morgan fingerprint density at radius 1 is 0.826 bits per heavy atom. The lowest BCUT2D eigenvalue weighted by Gasteiger charge is -2.33. The Kier molecular flexibility index (Phi) is 10.5. The van der Waals surface area contributed by atoms with Gasteiger partial charge in [-0.15, -0.1) is 0 Å². The molecule has 0 amide bonds. The molecule has 0 aliphatic carbocycles. The number of fused-ring (bicyclic) bond motifs is 1. The summed E-state index contributed by atoms with van der Waals surface area (Å²) in [5, 5.41) is 93.1. The van der Waals surface area contributed by atoms with E-state index in [-0.39, 0.29) is 35.0 Å². The van der Waals surface area contributed by atoms with Crippen molar-refractivity contribution in [3.63, 3.8) is 0 Å². The van der Waals surface area contributed by atoms with Crippen LogP contribution >= 0.6 is 0 Å². The predicted octanol–water partition coefficient (Wildman–Crippen LogP) is -1.40. The molecule has 254 valence electrons. The molecule has 2 aromatic carbocycles. The molecule has 0 aromatic heterocycles. The first kappa shape index (κ1) is 34.1. The third kappa shape index (κ3) is 7.01. The summed E-state index contributed by atoms with van der Waals surface area (Å²) in [6, 6.07) is 6.93. The standard InChI is InChI=1S/C30H38O16/c1-41-21-3-2-12(4-14(21)33)22-9-16(35)26-15(34)5-13(6-23(26)43-22)42-29-20(39)8-18(37)28(25(11-32)45-29)46-30-19(38)7-17(36)27(40)24(10-31)44-30/h2-6,17-20,22,24-25,27-34,36-40H,7-11H2,1H3/t17?,18?,19?,20?,22?,24?,25?,27-,28-,29+,30+/m0/s1. The Hall–Kier alpha value is -3.29. The molecule has 2 aromatic rings. The maximum Gasteiger partial charge on any atom is 0.226 e. The van der Waals surface area contributed by atoms with Gasteiger partial charge in [0.15, 0.2) is 23.6 Å². The second-order valence-corrected chi connectivity index (χ2v) is 11.4. The predicted molar refractivity (Wildman–Crippen MR) is 151 cm³/mol. The Balaban J connectivity index is 1.34. The Labute approximate surface area is 262 Å². The highest BCUT2D eigenvalue weighted by atomic mass is 16.7. The SMILES string of the molecule is COc1ccc(C2CC(=O)c3c(O)cc(O[C@@H]4OC(CO)[C@@H](O[C@H]5OC(CO)[C@@H](O)C(O)CC5O)C(O)CC4O)cc3O2)cc1O. The Bertz CT molecular complexity index is 1370. The summed E-state index contributed by atoms with van der Waals surface area (Å²) in [5.41, 5.74) is 0.368. The van der Waals surface area contributed by atoms with E-state index >= 15 is 0 Å². The van der Waals surface area contributed by atoms with Gasteiger partial charge in [-0.1, -0.05) is 6.07 Å². The van der Waals surface area contributed by atoms with Crippen LogP contribution in [-0.4, -0.2) is 133 Å². The van der Waals surface area contributed by atoms with Crippen molar-refractivity contribution in [3.05, 3.63) is 41.5 Å². The number of rotatable bonds is 8. The van der Waals surface area contributed by atoms with Crippen LogP contribution in [0.4, 0.5) is 0 Å². The molecule has 0 spiro atoms. The van der Waals surface area contributed by atoms with E-state index in [1.54, 1.807) is 6.07 Å². The van der Waals surface area contributed by atoms with E-state index in [1.807, 2.05) is 0 Å². The number of aromatic hydroxyl groups is 2. The number of methoxy groups -OCH3 is 1. The maximum atomic E-state index is 13.0. The van der Waals surface area contributed by atoms with E-state index in [4.69, 9.17) is 28.4 Å². The minimum absolute atomic E-state index is 0.0445. The molecule has 11 atom stereocenters. The summed E-state index contributed by atoms with van der Waals surface area (Å²) >= 11 is 0. The van der Waals surface area contributed by atoms with Gasteiger partial charge in [-0.3, -0.25) is 4.79 Å². The smallest absolute Gasteiger partial charge is 0.226 e. The van der Waals surface area contributed by atoms with Gasteiger partial charge in [0.25, 0.3) is 0 Å². The number of Topliss-reactive ketones (excluding diaryl/α,β-unsaturated/α-hetero) is 1. The zero-order valence-electron chi connectivity index (χ0n) is 24.7. The molecule has 5 rings (SSSR count). The second kappa shape index (κ2) is 14.2. The fourth-order valence-corrected chi connectivity index (χ4v) is 5.74. The number of ketones is 1. The minimum atomic E-state index is -1.58. The van der Waals surface area contributed by atoms with Crippen molar-refractivity contribution in [2.45, 2.75) is 86.8 Å². The molecule has 16 nitrogen and oxygen atoms in total. The third-order valence-corrected chi connectivity index (χ3v) is 8.18. The molecule has 9 N–H and O–H groups in total. The third-order valence-electron chi connectivity index (χ3n) is 8.18. The molecular formula is C30H38O16. The maximum absolute atomic E-state index is 13.0. The second-order valence-electron chi connectivity index (χ2n) is 11.4. The fraction of sp³-hybridized carbons (Fsp3) is 0.567. The quantitative estimate of drug-likeness (QED) is 0.159. The average molecular weight is 655 g/mol. The van der Waals surface area contributed by atoms with E-state index in [2.05, 4.69) is 0 Å². The number of hydrogen-bond donors (Lipinski definition) is 9. The minimum Gasteiger partial charge on any atom is -0.507 e. The molecule has 3 aliphatic rings. The molecule has 0 bridgehead atoms. The van der Waals surface area contributed by atoms with Gasteiger partial charge in [0.05, 0.1) is 39.0 Å². The number of ether oxygens (including phenoxy) is 6. The number of phenolic OH excluding ortho intramolecular Hbond substituents is 2. The van der Waals surface area contributed by atoms with Crippen molar-refractivity contribution >= 4 is 5.78 Å². The number of aliphatic hydroxyl groups is 7. The molecule has 3 aliphatic heterocycles. The van der Waals surface area contributed by atoms with Gasteiger partial charge in [-0.05, 0) is 17.7 Å². The van der Waals surface area contributed by atoms with Gasteiger partial charge in [0.1, 0.15) is 65.5 Å². The highest BCUT2D eigenvalue weighted by Crippen LogP contribution is 2.43. The molecule has 46 heavy (non-hydrogen) atoms. The average Bonchev–Trinajstić information content (AvgIpc) is 3.19. The van der Waals surface area contributed by atoms with Crippen LogP contribution in [0.25, 0.3) is 0 Å². The number of benzene rings is 2. The van der Waals surface area contributed by atoms with Crippen LogP contribution in [0.15, 0.2) is 30.3 Å². The molecule has 0 saturated carbocycles. The summed E-state index contributed by atoms with van der Waals surface area (Å²) in [6.07, 6.45) is -16.6. The van der Waals surface area contributed by atoms with Crippen molar-refractivity contribution < 1.29 is 79.2 Å². The lowest BCUT2D eigenvalue weighted by Crippen LogP contribution is -2.48. The van der Waals surface area contributed by atoms with Gasteiger partial charge >= 0.3 is 0 Å². The highest BCUT2D eigenvalue weighted by molar-refractivity contribution is 6.02. The van der Waals surface area contributed by atoms with Crippen LogP contribution in [-0.2, 0) is 14.2 Å². The van der Waals surface area contributed by atoms with Gasteiger partial charge in [-0.25, -0.2) is 0 Å². The molecule has 0 radical (unpaired) electrons. The zero-order chi connectivity index (χ0) is 33.3.